The number of piperidine rings is 1. The summed E-state index contributed by atoms with van der Waals surface area (Å²) in [4.78, 5) is 1.71. The van der Waals surface area contributed by atoms with Gasteiger partial charge in [0.2, 0.25) is 0 Å². The fourth-order valence-corrected chi connectivity index (χ4v) is 3.69. The van der Waals surface area contributed by atoms with Crippen molar-refractivity contribution in [2.75, 3.05) is 19.6 Å². The molecule has 1 saturated heterocycles. The van der Waals surface area contributed by atoms with Crippen LogP contribution in [0.25, 0.3) is 0 Å². The number of benzene rings is 2. The Morgan fingerprint density at radius 3 is 2.04 bits per heavy atom. The molecule has 23 heavy (non-hydrogen) atoms. The average Bonchev–Trinajstić information content (AvgIpc) is 2.59. The molecule has 0 radical (unpaired) electrons. The monoisotopic (exact) mass is 332 g/mol. The minimum absolute atomic E-state index is 0.176. The smallest absolute Gasteiger partial charge is 0.123 e. The first-order valence-corrected chi connectivity index (χ1v) is 8.94. The van der Waals surface area contributed by atoms with Gasteiger partial charge in [-0.2, -0.15) is 0 Å². The molecule has 2 aromatic rings. The molecule has 0 saturated carbocycles. The normalized spacial score (nSPS) is 17.1. The fraction of sp³-hybridized carbons (Fsp3) is 0.400. The first kappa shape index (κ1) is 16.5. The second-order valence-electron chi connectivity index (χ2n) is 6.51. The van der Waals surface area contributed by atoms with Gasteiger partial charge in [0.25, 0.3) is 0 Å². The number of hydrogen-bond acceptors (Lipinski definition) is 0. The van der Waals surface area contributed by atoms with E-state index in [1.54, 1.807) is 17.0 Å². The van der Waals surface area contributed by atoms with Gasteiger partial charge in [-0.25, -0.2) is 4.39 Å². The summed E-state index contributed by atoms with van der Waals surface area (Å²) in [6, 6.07) is 15.0. The van der Waals surface area contributed by atoms with Gasteiger partial charge >= 0.3 is 0 Å². The lowest BCUT2D eigenvalue weighted by atomic mass is 9.88. The first-order chi connectivity index (χ1) is 11.2. The van der Waals surface area contributed by atoms with Crippen molar-refractivity contribution >= 4 is 11.6 Å². The van der Waals surface area contributed by atoms with E-state index in [1.807, 2.05) is 24.3 Å². The average molecular weight is 333 g/mol. The Bertz CT molecular complexity index is 557. The number of likely N-dealkylation sites (tertiary alicyclic amines) is 1. The van der Waals surface area contributed by atoms with Crippen LogP contribution >= 0.6 is 11.6 Å². The van der Waals surface area contributed by atoms with E-state index < -0.39 is 0 Å². The van der Waals surface area contributed by atoms with E-state index in [4.69, 9.17) is 11.6 Å². The van der Waals surface area contributed by atoms with Gasteiger partial charge in [-0.05, 0) is 54.7 Å². The molecule has 1 aliphatic heterocycles. The van der Waals surface area contributed by atoms with Crippen LogP contribution < -0.4 is 4.90 Å². The summed E-state index contributed by atoms with van der Waals surface area (Å²) < 4.78 is 13.3. The van der Waals surface area contributed by atoms with E-state index in [-0.39, 0.29) is 5.82 Å². The number of quaternary nitrogens is 1. The molecule has 1 heterocycles. The van der Waals surface area contributed by atoms with E-state index in [9.17, 15) is 4.39 Å². The molecular formula is C20H24ClFN+. The molecule has 0 aromatic heterocycles. The van der Waals surface area contributed by atoms with E-state index in [0.29, 0.717) is 5.92 Å². The van der Waals surface area contributed by atoms with E-state index in [1.165, 1.54) is 50.0 Å². The van der Waals surface area contributed by atoms with Gasteiger partial charge < -0.3 is 4.90 Å². The number of hydrogen-bond donors (Lipinski definition) is 1. The Hall–Kier alpha value is -1.38. The number of nitrogens with one attached hydrogen (secondary N) is 1. The molecule has 1 fully saturated rings. The zero-order valence-electron chi connectivity index (χ0n) is 13.4. The van der Waals surface area contributed by atoms with Crippen molar-refractivity contribution in [2.24, 2.45) is 0 Å². The van der Waals surface area contributed by atoms with Gasteiger partial charge in [0.1, 0.15) is 5.82 Å². The lowest BCUT2D eigenvalue weighted by molar-refractivity contribution is -0.905. The zero-order chi connectivity index (χ0) is 16.1. The third-order valence-electron chi connectivity index (χ3n) is 4.89. The van der Waals surface area contributed by atoms with Gasteiger partial charge in [-0.3, -0.25) is 0 Å². The van der Waals surface area contributed by atoms with E-state index >= 15 is 0 Å². The molecule has 0 spiro atoms. The van der Waals surface area contributed by atoms with Crippen LogP contribution in [0.15, 0.2) is 48.5 Å². The Balaban J connectivity index is 1.77. The predicted molar refractivity (Wildman–Crippen MR) is 93.7 cm³/mol. The number of halogens is 2. The summed E-state index contributed by atoms with van der Waals surface area (Å²) in [6.45, 7) is 3.75. The topological polar surface area (TPSA) is 4.44 Å². The molecule has 0 amide bonds. The Kier molecular flexibility index (Phi) is 5.69. The second kappa shape index (κ2) is 7.94. The summed E-state index contributed by atoms with van der Waals surface area (Å²) in [5.74, 6) is 0.132. The van der Waals surface area contributed by atoms with Gasteiger partial charge in [-0.15, -0.1) is 0 Å². The summed E-state index contributed by atoms with van der Waals surface area (Å²) in [7, 11) is 0. The minimum atomic E-state index is -0.176. The predicted octanol–water partition coefficient (Wildman–Crippen LogP) is 4.07. The Morgan fingerprint density at radius 2 is 1.43 bits per heavy atom. The van der Waals surface area contributed by atoms with Gasteiger partial charge in [0, 0.05) is 17.4 Å². The highest BCUT2D eigenvalue weighted by Crippen LogP contribution is 2.28. The summed E-state index contributed by atoms with van der Waals surface area (Å²) in [6.07, 6.45) is 5.15. The summed E-state index contributed by atoms with van der Waals surface area (Å²) in [5, 5.41) is 0.758. The van der Waals surface area contributed by atoms with Crippen LogP contribution in [0.2, 0.25) is 5.02 Å². The lowest BCUT2D eigenvalue weighted by Crippen LogP contribution is -3.12. The molecule has 1 N–H and O–H groups in total. The minimum Gasteiger partial charge on any atom is -0.335 e. The van der Waals surface area contributed by atoms with Crippen molar-refractivity contribution < 1.29 is 9.29 Å². The van der Waals surface area contributed by atoms with E-state index in [2.05, 4.69) is 12.1 Å². The van der Waals surface area contributed by atoms with Crippen LogP contribution in [-0.2, 0) is 0 Å². The molecule has 2 aromatic carbocycles. The highest BCUT2D eigenvalue weighted by atomic mass is 35.5. The number of rotatable bonds is 5. The lowest BCUT2D eigenvalue weighted by Gasteiger charge is -2.26. The van der Waals surface area contributed by atoms with Crippen LogP contribution in [0.4, 0.5) is 4.39 Å². The molecule has 3 rings (SSSR count). The molecule has 122 valence electrons. The van der Waals surface area contributed by atoms with Gasteiger partial charge in [0.15, 0.2) is 0 Å². The first-order valence-electron chi connectivity index (χ1n) is 8.57. The molecule has 3 heteroatoms. The SMILES string of the molecule is Fc1ccc([C@H](CC[NH+]2CCCCC2)c2ccc(Cl)cc2)cc1. The van der Waals surface area contributed by atoms with Crippen molar-refractivity contribution in [1.82, 2.24) is 0 Å². The molecule has 1 aliphatic rings. The molecule has 1 atom stereocenters. The highest BCUT2D eigenvalue weighted by molar-refractivity contribution is 6.30. The van der Waals surface area contributed by atoms with E-state index in [0.717, 1.165) is 11.4 Å². The second-order valence-corrected chi connectivity index (χ2v) is 6.94. The van der Waals surface area contributed by atoms with Crippen LogP contribution in [0, 0.1) is 5.82 Å². The third-order valence-corrected chi connectivity index (χ3v) is 5.14. The van der Waals surface area contributed by atoms with Crippen molar-refractivity contribution in [1.29, 1.82) is 0 Å². The third kappa shape index (κ3) is 4.55. The Morgan fingerprint density at radius 1 is 0.870 bits per heavy atom. The van der Waals surface area contributed by atoms with Crippen molar-refractivity contribution in [3.05, 3.63) is 70.5 Å². The highest BCUT2D eigenvalue weighted by Gasteiger charge is 2.19. The van der Waals surface area contributed by atoms with Crippen molar-refractivity contribution in [3.8, 4) is 0 Å². The van der Waals surface area contributed by atoms with Crippen molar-refractivity contribution in [3.63, 3.8) is 0 Å². The van der Waals surface area contributed by atoms with Crippen molar-refractivity contribution in [2.45, 2.75) is 31.6 Å². The maximum absolute atomic E-state index is 13.3. The Labute approximate surface area is 143 Å². The molecule has 0 bridgehead atoms. The molecule has 1 nitrogen and oxygen atoms in total. The molecule has 0 unspecified atom stereocenters. The fourth-order valence-electron chi connectivity index (χ4n) is 3.57. The van der Waals surface area contributed by atoms with Crippen LogP contribution in [-0.4, -0.2) is 19.6 Å². The largest absolute Gasteiger partial charge is 0.335 e. The summed E-state index contributed by atoms with van der Waals surface area (Å²) in [5.41, 5.74) is 2.45. The van der Waals surface area contributed by atoms with Crippen LogP contribution in [0.5, 0.6) is 0 Å². The maximum Gasteiger partial charge on any atom is 0.123 e. The van der Waals surface area contributed by atoms with Gasteiger partial charge in [0.05, 0.1) is 19.6 Å². The van der Waals surface area contributed by atoms with Gasteiger partial charge in [-0.1, -0.05) is 35.9 Å². The van der Waals surface area contributed by atoms with Crippen LogP contribution in [0.1, 0.15) is 42.7 Å². The summed E-state index contributed by atoms with van der Waals surface area (Å²) >= 11 is 6.03. The standard InChI is InChI=1S/C20H23ClFN/c21-18-8-4-16(5-9-18)20(17-6-10-19(22)11-7-17)12-15-23-13-2-1-3-14-23/h4-11,20H,1-3,12-15H2/p+1/t20-/m1/s1. The van der Waals surface area contributed by atoms with Crippen LogP contribution in [0.3, 0.4) is 0 Å². The quantitative estimate of drug-likeness (QED) is 0.842. The zero-order valence-corrected chi connectivity index (χ0v) is 14.2. The molecular weight excluding hydrogens is 309 g/mol. The molecule has 0 aliphatic carbocycles. The maximum atomic E-state index is 13.3.